The van der Waals surface area contributed by atoms with Crippen molar-refractivity contribution in [1.29, 1.82) is 0 Å². The molecule has 0 amide bonds. The summed E-state index contributed by atoms with van der Waals surface area (Å²) in [6.07, 6.45) is 0. The van der Waals surface area contributed by atoms with E-state index in [-0.39, 0.29) is 11.3 Å². The van der Waals surface area contributed by atoms with E-state index >= 15 is 0 Å². The van der Waals surface area contributed by atoms with Crippen LogP contribution in [0.2, 0.25) is 0 Å². The number of methoxy groups -OCH3 is 1. The number of ether oxygens (including phenoxy) is 1. The van der Waals surface area contributed by atoms with Crippen LogP contribution in [-0.2, 0) is 10.3 Å². The van der Waals surface area contributed by atoms with Crippen LogP contribution in [0.25, 0.3) is 0 Å². The number of nitrogens with one attached hydrogen (secondary N) is 1. The second-order valence-electron chi connectivity index (χ2n) is 4.81. The molecule has 0 atom stereocenters. The van der Waals surface area contributed by atoms with Crippen LogP contribution in [0.4, 0.5) is 0 Å². The third-order valence-electron chi connectivity index (χ3n) is 2.48. The molecule has 0 fully saturated rings. The first-order chi connectivity index (χ1) is 7.27. The quantitative estimate of drug-likeness (QED) is 0.682. The van der Waals surface area contributed by atoms with Gasteiger partial charge in [-0.25, -0.2) is 4.98 Å². The molecule has 1 aromatic heterocycles. The van der Waals surface area contributed by atoms with E-state index in [1.807, 2.05) is 32.0 Å². The number of hydrogen-bond donors (Lipinski definition) is 1. The largest absolute Gasteiger partial charge is 0.364 e. The van der Waals surface area contributed by atoms with Crippen LogP contribution in [0.1, 0.15) is 33.4 Å². The molecule has 0 saturated carbocycles. The standard InChI is InChI=1S/C12H19BrN2O/c1-11(2,15-12(3,4)16-5)9-7-6-8-10(13)14-9/h6-8,15H,1-5H3. The molecule has 0 aromatic carbocycles. The van der Waals surface area contributed by atoms with Crippen molar-refractivity contribution >= 4 is 15.9 Å². The normalized spacial score (nSPS) is 12.9. The molecule has 0 spiro atoms. The Hall–Kier alpha value is -0.450. The minimum Gasteiger partial charge on any atom is -0.364 e. The third kappa shape index (κ3) is 3.54. The van der Waals surface area contributed by atoms with E-state index in [0.29, 0.717) is 0 Å². The molecule has 0 aliphatic carbocycles. The Balaban J connectivity index is 2.93. The fourth-order valence-corrected chi connectivity index (χ4v) is 1.97. The van der Waals surface area contributed by atoms with Crippen LogP contribution in [-0.4, -0.2) is 17.8 Å². The van der Waals surface area contributed by atoms with Gasteiger partial charge in [0.15, 0.2) is 0 Å². The monoisotopic (exact) mass is 286 g/mol. The molecule has 0 saturated heterocycles. The minimum atomic E-state index is -0.381. The first-order valence-electron chi connectivity index (χ1n) is 5.24. The second kappa shape index (κ2) is 4.82. The van der Waals surface area contributed by atoms with Gasteiger partial charge in [-0.05, 0) is 55.8 Å². The molecule has 4 heteroatoms. The molecule has 90 valence electrons. The predicted octanol–water partition coefficient (Wildman–Crippen LogP) is 3.05. The minimum absolute atomic E-state index is 0.247. The highest BCUT2D eigenvalue weighted by Crippen LogP contribution is 2.23. The first-order valence-corrected chi connectivity index (χ1v) is 6.04. The van der Waals surface area contributed by atoms with E-state index < -0.39 is 0 Å². The lowest BCUT2D eigenvalue weighted by Crippen LogP contribution is -2.51. The third-order valence-corrected chi connectivity index (χ3v) is 2.92. The van der Waals surface area contributed by atoms with Crippen molar-refractivity contribution in [1.82, 2.24) is 10.3 Å². The highest BCUT2D eigenvalue weighted by Gasteiger charge is 2.29. The Morgan fingerprint density at radius 1 is 1.25 bits per heavy atom. The molecule has 3 nitrogen and oxygen atoms in total. The Labute approximate surface area is 106 Å². The molecule has 16 heavy (non-hydrogen) atoms. The Kier molecular flexibility index (Phi) is 4.10. The molecule has 1 heterocycles. The van der Waals surface area contributed by atoms with Gasteiger partial charge >= 0.3 is 0 Å². The summed E-state index contributed by atoms with van der Waals surface area (Å²) in [7, 11) is 1.69. The summed E-state index contributed by atoms with van der Waals surface area (Å²) < 4.78 is 6.22. The Morgan fingerprint density at radius 2 is 1.88 bits per heavy atom. The van der Waals surface area contributed by atoms with Gasteiger partial charge in [0.2, 0.25) is 0 Å². The van der Waals surface area contributed by atoms with Crippen molar-refractivity contribution in [2.75, 3.05) is 7.11 Å². The molecular weight excluding hydrogens is 268 g/mol. The lowest BCUT2D eigenvalue weighted by Gasteiger charge is -2.35. The fourth-order valence-electron chi connectivity index (χ4n) is 1.62. The topological polar surface area (TPSA) is 34.1 Å². The van der Waals surface area contributed by atoms with E-state index in [1.165, 1.54) is 0 Å². The van der Waals surface area contributed by atoms with Gasteiger partial charge in [0.25, 0.3) is 0 Å². The summed E-state index contributed by atoms with van der Waals surface area (Å²) in [6, 6.07) is 5.90. The lowest BCUT2D eigenvalue weighted by molar-refractivity contribution is -0.0302. The SMILES string of the molecule is COC(C)(C)NC(C)(C)c1cccc(Br)n1. The van der Waals surface area contributed by atoms with Crippen molar-refractivity contribution in [2.24, 2.45) is 0 Å². The van der Waals surface area contributed by atoms with Crippen molar-refractivity contribution in [3.8, 4) is 0 Å². The van der Waals surface area contributed by atoms with E-state index in [2.05, 4.69) is 40.1 Å². The smallest absolute Gasteiger partial charge is 0.113 e. The molecule has 0 bridgehead atoms. The maximum absolute atomic E-state index is 5.37. The second-order valence-corrected chi connectivity index (χ2v) is 5.62. The van der Waals surface area contributed by atoms with Crippen LogP contribution < -0.4 is 5.32 Å². The average molecular weight is 287 g/mol. The molecule has 1 rings (SSSR count). The first kappa shape index (κ1) is 13.6. The molecule has 0 aliphatic heterocycles. The maximum atomic E-state index is 5.37. The van der Waals surface area contributed by atoms with E-state index in [9.17, 15) is 0 Å². The van der Waals surface area contributed by atoms with Crippen molar-refractivity contribution < 1.29 is 4.74 Å². The van der Waals surface area contributed by atoms with Crippen molar-refractivity contribution in [3.05, 3.63) is 28.5 Å². The van der Waals surface area contributed by atoms with Gasteiger partial charge in [0, 0.05) is 7.11 Å². The van der Waals surface area contributed by atoms with Gasteiger partial charge in [-0.15, -0.1) is 0 Å². The summed E-state index contributed by atoms with van der Waals surface area (Å²) in [6.45, 7) is 8.16. The van der Waals surface area contributed by atoms with Crippen LogP contribution >= 0.6 is 15.9 Å². The number of aromatic nitrogens is 1. The predicted molar refractivity (Wildman–Crippen MR) is 69.2 cm³/mol. The van der Waals surface area contributed by atoms with Gasteiger partial charge in [0.05, 0.1) is 11.2 Å². The summed E-state index contributed by atoms with van der Waals surface area (Å²) >= 11 is 3.38. The van der Waals surface area contributed by atoms with Crippen molar-refractivity contribution in [3.63, 3.8) is 0 Å². The summed E-state index contributed by atoms with van der Waals surface area (Å²) in [5, 5.41) is 3.42. The summed E-state index contributed by atoms with van der Waals surface area (Å²) in [4.78, 5) is 4.46. The van der Waals surface area contributed by atoms with Gasteiger partial charge in [-0.2, -0.15) is 0 Å². The number of pyridine rings is 1. The highest BCUT2D eigenvalue weighted by molar-refractivity contribution is 9.10. The summed E-state index contributed by atoms with van der Waals surface area (Å²) in [5.41, 5.74) is 0.351. The molecule has 0 radical (unpaired) electrons. The van der Waals surface area contributed by atoms with E-state index in [1.54, 1.807) is 7.11 Å². The van der Waals surface area contributed by atoms with Crippen LogP contribution in [0.5, 0.6) is 0 Å². The average Bonchev–Trinajstić information content (AvgIpc) is 2.16. The van der Waals surface area contributed by atoms with Crippen LogP contribution in [0.15, 0.2) is 22.8 Å². The van der Waals surface area contributed by atoms with E-state index in [0.717, 1.165) is 10.3 Å². The van der Waals surface area contributed by atoms with Gasteiger partial charge in [-0.1, -0.05) is 6.07 Å². The van der Waals surface area contributed by atoms with Crippen LogP contribution in [0, 0.1) is 0 Å². The molecular formula is C12H19BrN2O. The van der Waals surface area contributed by atoms with Gasteiger partial charge in [0.1, 0.15) is 10.3 Å². The zero-order chi connectivity index (χ0) is 12.4. The zero-order valence-corrected chi connectivity index (χ0v) is 12.1. The fraction of sp³-hybridized carbons (Fsp3) is 0.583. The number of nitrogens with zero attached hydrogens (tertiary/aromatic N) is 1. The lowest BCUT2D eigenvalue weighted by atomic mass is 9.98. The Bertz CT molecular complexity index is 364. The van der Waals surface area contributed by atoms with Crippen LogP contribution in [0.3, 0.4) is 0 Å². The van der Waals surface area contributed by atoms with Gasteiger partial charge in [-0.3, -0.25) is 5.32 Å². The highest BCUT2D eigenvalue weighted by atomic mass is 79.9. The number of rotatable bonds is 4. The van der Waals surface area contributed by atoms with E-state index in [4.69, 9.17) is 4.74 Å². The number of halogens is 1. The maximum Gasteiger partial charge on any atom is 0.113 e. The number of hydrogen-bond acceptors (Lipinski definition) is 3. The zero-order valence-electron chi connectivity index (χ0n) is 10.5. The molecule has 1 aromatic rings. The molecule has 0 unspecified atom stereocenters. The van der Waals surface area contributed by atoms with Gasteiger partial charge < -0.3 is 4.74 Å². The molecule has 0 aliphatic rings. The Morgan fingerprint density at radius 3 is 2.38 bits per heavy atom. The summed E-state index contributed by atoms with van der Waals surface area (Å²) in [5.74, 6) is 0. The molecule has 1 N–H and O–H groups in total. The van der Waals surface area contributed by atoms with Crippen molar-refractivity contribution in [2.45, 2.75) is 39.0 Å².